The van der Waals surface area contributed by atoms with E-state index in [9.17, 15) is 28.8 Å². The first-order valence-electron chi connectivity index (χ1n) is 16.9. The number of carbonyl (C=O) groups excluding carboxylic acids is 6. The van der Waals surface area contributed by atoms with E-state index >= 15 is 0 Å². The van der Waals surface area contributed by atoms with Crippen molar-refractivity contribution in [2.75, 3.05) is 32.8 Å². The van der Waals surface area contributed by atoms with Gasteiger partial charge in [-0.2, -0.15) is 0 Å². The van der Waals surface area contributed by atoms with Crippen LogP contribution in [0.1, 0.15) is 87.5 Å². The maximum atomic E-state index is 14.3. The molecular formula is C35H56N4O7. The summed E-state index contributed by atoms with van der Waals surface area (Å²) in [6, 6.07) is -3.15. The Labute approximate surface area is 274 Å². The fraction of sp³-hybridized carbons (Fsp3) is 0.771. The van der Waals surface area contributed by atoms with Crippen molar-refractivity contribution in [1.29, 1.82) is 0 Å². The van der Waals surface area contributed by atoms with Gasteiger partial charge in [0.1, 0.15) is 12.1 Å². The molecule has 2 heterocycles. The van der Waals surface area contributed by atoms with Gasteiger partial charge in [-0.05, 0) is 41.4 Å². The Morgan fingerprint density at radius 1 is 1.02 bits per heavy atom. The summed E-state index contributed by atoms with van der Waals surface area (Å²) in [5.74, 6) is -2.68. The van der Waals surface area contributed by atoms with Crippen LogP contribution in [-0.2, 0) is 28.7 Å². The second-order valence-corrected chi connectivity index (χ2v) is 15.2. The second-order valence-electron chi connectivity index (χ2n) is 15.2. The average molecular weight is 645 g/mol. The van der Waals surface area contributed by atoms with Crippen molar-refractivity contribution in [1.82, 2.24) is 20.4 Å². The zero-order valence-electron chi connectivity index (χ0n) is 29.1. The number of likely N-dealkylation sites (tertiary alicyclic amines) is 1. The van der Waals surface area contributed by atoms with Crippen LogP contribution in [-0.4, -0.2) is 96.0 Å². The summed E-state index contributed by atoms with van der Waals surface area (Å²) in [5, 5.41) is 5.65. The number of urea groups is 1. The molecule has 1 unspecified atom stereocenters. The molecule has 3 aliphatic rings. The molecule has 3 fully saturated rings. The zero-order chi connectivity index (χ0) is 34.6. The van der Waals surface area contributed by atoms with Crippen LogP contribution in [0.25, 0.3) is 0 Å². The quantitative estimate of drug-likeness (QED) is 0.205. The van der Waals surface area contributed by atoms with Crippen molar-refractivity contribution in [3.8, 4) is 0 Å². The first-order valence-corrected chi connectivity index (χ1v) is 16.9. The highest BCUT2D eigenvalue weighted by molar-refractivity contribution is 6.38. The Kier molecular flexibility index (Phi) is 12.4. The van der Waals surface area contributed by atoms with Gasteiger partial charge in [0.2, 0.25) is 17.6 Å². The third-order valence-corrected chi connectivity index (χ3v) is 10.1. The minimum atomic E-state index is -0.983. The summed E-state index contributed by atoms with van der Waals surface area (Å²) in [6.07, 6.45) is 3.00. The predicted molar refractivity (Wildman–Crippen MR) is 175 cm³/mol. The number of ketones is 3. The molecule has 3 rings (SSSR count). The van der Waals surface area contributed by atoms with Crippen LogP contribution in [0.2, 0.25) is 0 Å². The standard InChI is InChI=1S/C35H56N4O7/c1-10-12-14-24(40)29(42)22(13-11-2)19-25(41)28-26-23(35(26,8)9)20-39(28)32(44)30(34(5,6)7)37-33(45)36-27(21(3)4)31(43)38-15-17-46-18-16-38/h10,21-23,26-28,30H,1,11-20H2,2-9H3,(H2,36,37,45)/t22?,23-,26-,27-,28+,30+/m0/s1. The molecule has 0 aromatic carbocycles. The van der Waals surface area contributed by atoms with E-state index in [2.05, 4.69) is 31.1 Å². The van der Waals surface area contributed by atoms with E-state index in [-0.39, 0.29) is 53.6 Å². The Hall–Kier alpha value is -3.08. The molecule has 0 aromatic heterocycles. The van der Waals surface area contributed by atoms with Crippen molar-refractivity contribution in [2.45, 2.75) is 106 Å². The van der Waals surface area contributed by atoms with Gasteiger partial charge in [-0.1, -0.05) is 67.9 Å². The van der Waals surface area contributed by atoms with Crippen molar-refractivity contribution in [2.24, 2.45) is 34.5 Å². The van der Waals surface area contributed by atoms with Gasteiger partial charge in [-0.3, -0.25) is 24.0 Å². The third kappa shape index (κ3) is 8.44. The Bertz CT molecular complexity index is 1180. The number of nitrogens with one attached hydrogen (secondary N) is 2. The average Bonchev–Trinajstić information content (AvgIpc) is 3.30. The van der Waals surface area contributed by atoms with Crippen LogP contribution < -0.4 is 10.6 Å². The summed E-state index contributed by atoms with van der Waals surface area (Å²) >= 11 is 0. The van der Waals surface area contributed by atoms with E-state index in [4.69, 9.17) is 4.74 Å². The molecular weight excluding hydrogens is 588 g/mol. The smallest absolute Gasteiger partial charge is 0.316 e. The number of Topliss-reactive ketones (excluding diaryl/α,β-unsaturated/α-hetero) is 3. The van der Waals surface area contributed by atoms with Crippen molar-refractivity contribution in [3.05, 3.63) is 12.7 Å². The molecule has 2 N–H and O–H groups in total. The van der Waals surface area contributed by atoms with E-state index in [1.54, 1.807) is 15.9 Å². The predicted octanol–water partition coefficient (Wildman–Crippen LogP) is 3.55. The second kappa shape index (κ2) is 15.2. The van der Waals surface area contributed by atoms with E-state index < -0.39 is 47.1 Å². The molecule has 46 heavy (non-hydrogen) atoms. The lowest BCUT2D eigenvalue weighted by Gasteiger charge is -2.38. The minimum Gasteiger partial charge on any atom is -0.378 e. The molecule has 1 saturated carbocycles. The lowest BCUT2D eigenvalue weighted by Crippen LogP contribution is -2.62. The van der Waals surface area contributed by atoms with E-state index in [0.717, 1.165) is 0 Å². The van der Waals surface area contributed by atoms with Crippen molar-refractivity contribution < 1.29 is 33.5 Å². The van der Waals surface area contributed by atoms with Crippen molar-refractivity contribution >= 4 is 35.2 Å². The molecule has 6 atom stereocenters. The van der Waals surface area contributed by atoms with Crippen LogP contribution in [0.3, 0.4) is 0 Å². The number of hydrogen-bond donors (Lipinski definition) is 2. The fourth-order valence-corrected chi connectivity index (χ4v) is 7.13. The molecule has 2 saturated heterocycles. The van der Waals surface area contributed by atoms with Gasteiger partial charge >= 0.3 is 6.03 Å². The highest BCUT2D eigenvalue weighted by Crippen LogP contribution is 2.65. The SMILES string of the molecule is C=CCCC(=O)C(=O)C(CCC)CC(=O)[C@@H]1[C@@H]2[C@H](CN1C(=O)[C@@H](NC(=O)N[C@H](C(=O)N1CCOCC1)C(C)C)C(C)(C)C)C2(C)C. The van der Waals surface area contributed by atoms with Gasteiger partial charge in [-0.25, -0.2) is 4.79 Å². The van der Waals surface area contributed by atoms with Gasteiger partial charge in [-0.15, -0.1) is 6.58 Å². The van der Waals surface area contributed by atoms with Crippen LogP contribution in [0, 0.1) is 34.5 Å². The van der Waals surface area contributed by atoms with Gasteiger partial charge in [0.15, 0.2) is 11.6 Å². The number of fused-ring (bicyclic) bond motifs is 1. The van der Waals surface area contributed by atoms with E-state index in [0.29, 0.717) is 52.1 Å². The lowest BCUT2D eigenvalue weighted by atomic mass is 9.84. The topological polar surface area (TPSA) is 142 Å². The number of amides is 4. The van der Waals surface area contributed by atoms with Gasteiger partial charge < -0.3 is 25.2 Å². The van der Waals surface area contributed by atoms with Gasteiger partial charge in [0.05, 0.1) is 19.3 Å². The first-order chi connectivity index (χ1) is 21.5. The third-order valence-electron chi connectivity index (χ3n) is 10.1. The number of rotatable bonds is 15. The number of morpholine rings is 1. The first kappa shape index (κ1) is 37.4. The molecule has 11 nitrogen and oxygen atoms in total. The monoisotopic (exact) mass is 644 g/mol. The highest BCUT2D eigenvalue weighted by Gasteiger charge is 2.69. The fourth-order valence-electron chi connectivity index (χ4n) is 7.13. The van der Waals surface area contributed by atoms with Crippen LogP contribution in [0.5, 0.6) is 0 Å². The molecule has 11 heteroatoms. The number of allylic oxidation sites excluding steroid dienone is 1. The number of carbonyl (C=O) groups is 6. The summed E-state index contributed by atoms with van der Waals surface area (Å²) in [7, 11) is 0. The van der Waals surface area contributed by atoms with E-state index in [1.807, 2.05) is 41.5 Å². The highest BCUT2D eigenvalue weighted by atomic mass is 16.5. The normalized spacial score (nSPS) is 24.0. The summed E-state index contributed by atoms with van der Waals surface area (Å²) in [5.41, 5.74) is -0.863. The molecule has 0 aromatic rings. The summed E-state index contributed by atoms with van der Waals surface area (Å²) in [4.78, 5) is 83.9. The van der Waals surface area contributed by atoms with Gasteiger partial charge in [0.25, 0.3) is 0 Å². The number of nitrogens with zero attached hydrogens (tertiary/aromatic N) is 2. The number of ether oxygens (including phenoxy) is 1. The minimum absolute atomic E-state index is 0.0660. The Morgan fingerprint density at radius 3 is 2.20 bits per heavy atom. The van der Waals surface area contributed by atoms with Crippen LogP contribution in [0.4, 0.5) is 4.79 Å². The largest absolute Gasteiger partial charge is 0.378 e. The van der Waals surface area contributed by atoms with Crippen LogP contribution in [0.15, 0.2) is 12.7 Å². The molecule has 0 bridgehead atoms. The summed E-state index contributed by atoms with van der Waals surface area (Å²) in [6.45, 7) is 21.1. The Morgan fingerprint density at radius 2 is 1.65 bits per heavy atom. The van der Waals surface area contributed by atoms with Crippen molar-refractivity contribution in [3.63, 3.8) is 0 Å². The maximum Gasteiger partial charge on any atom is 0.316 e. The molecule has 4 amide bonds. The lowest BCUT2D eigenvalue weighted by molar-refractivity contribution is -0.144. The molecule has 1 aliphatic carbocycles. The molecule has 258 valence electrons. The van der Waals surface area contributed by atoms with Gasteiger partial charge in [0, 0.05) is 38.4 Å². The molecule has 0 radical (unpaired) electrons. The van der Waals surface area contributed by atoms with Crippen LogP contribution >= 0.6 is 0 Å². The molecule has 2 aliphatic heterocycles. The zero-order valence-corrected chi connectivity index (χ0v) is 29.1. The number of piperidine rings is 1. The Balaban J connectivity index is 1.80. The summed E-state index contributed by atoms with van der Waals surface area (Å²) < 4.78 is 5.36. The number of hydrogen-bond acceptors (Lipinski definition) is 7. The molecule has 0 spiro atoms. The maximum absolute atomic E-state index is 14.3. The van der Waals surface area contributed by atoms with E-state index in [1.165, 1.54) is 0 Å².